The van der Waals surface area contributed by atoms with Gasteiger partial charge in [0, 0.05) is 6.54 Å². The molecule has 1 aromatic rings. The molecule has 1 atom stereocenters. The van der Waals surface area contributed by atoms with E-state index < -0.39 is 0 Å². The number of thiol groups is 1. The van der Waals surface area contributed by atoms with Gasteiger partial charge in [-0.3, -0.25) is 4.99 Å². The maximum absolute atomic E-state index is 4.64. The van der Waals surface area contributed by atoms with E-state index in [1.807, 2.05) is 0 Å². The van der Waals surface area contributed by atoms with E-state index >= 15 is 0 Å². The average molecular weight is 220 g/mol. The van der Waals surface area contributed by atoms with Gasteiger partial charge in [0.15, 0.2) is 0 Å². The summed E-state index contributed by atoms with van der Waals surface area (Å²) in [5.74, 6) is 1.01. The minimum absolute atomic E-state index is 0.0902. The van der Waals surface area contributed by atoms with Crippen LogP contribution in [0.15, 0.2) is 23.2 Å². The zero-order valence-corrected chi connectivity index (χ0v) is 10.0. The van der Waals surface area contributed by atoms with Crippen LogP contribution in [0.3, 0.4) is 0 Å². The molecular formula is C12H16N2S. The second-order valence-electron chi connectivity index (χ2n) is 3.89. The first-order valence-corrected chi connectivity index (χ1v) is 5.74. The summed E-state index contributed by atoms with van der Waals surface area (Å²) in [4.78, 5) is 4.41. The molecule has 0 aliphatic carbocycles. The van der Waals surface area contributed by atoms with Crippen LogP contribution in [0, 0.1) is 13.8 Å². The van der Waals surface area contributed by atoms with Crippen molar-refractivity contribution < 1.29 is 0 Å². The summed E-state index contributed by atoms with van der Waals surface area (Å²) in [6, 6.07) is 6.34. The van der Waals surface area contributed by atoms with Gasteiger partial charge in [-0.25, -0.2) is 0 Å². The highest BCUT2D eigenvalue weighted by molar-refractivity contribution is 7.81. The Morgan fingerprint density at radius 3 is 2.87 bits per heavy atom. The third-order valence-electron chi connectivity index (χ3n) is 2.90. The molecule has 2 rings (SSSR count). The summed E-state index contributed by atoms with van der Waals surface area (Å²) in [5.41, 5.74) is 3.88. The number of hydrogen-bond donors (Lipinski definition) is 2. The van der Waals surface area contributed by atoms with Gasteiger partial charge in [0.05, 0.1) is 11.8 Å². The topological polar surface area (TPSA) is 24.4 Å². The van der Waals surface area contributed by atoms with Gasteiger partial charge < -0.3 is 5.32 Å². The number of nitrogens with zero attached hydrogens (tertiary/aromatic N) is 1. The van der Waals surface area contributed by atoms with Gasteiger partial charge >= 0.3 is 0 Å². The third-order valence-corrected chi connectivity index (χ3v) is 3.42. The van der Waals surface area contributed by atoms with Gasteiger partial charge in [-0.1, -0.05) is 18.2 Å². The number of hydrogen-bond acceptors (Lipinski definition) is 3. The fourth-order valence-electron chi connectivity index (χ4n) is 1.82. The van der Waals surface area contributed by atoms with Crippen molar-refractivity contribution in [3.05, 3.63) is 34.9 Å². The predicted octanol–water partition coefficient (Wildman–Crippen LogP) is 2.28. The zero-order chi connectivity index (χ0) is 10.8. The molecule has 0 amide bonds. The molecule has 0 radical (unpaired) electrons. The van der Waals surface area contributed by atoms with Crippen LogP contribution in [0.4, 0.5) is 0 Å². The van der Waals surface area contributed by atoms with Crippen molar-refractivity contribution in [2.45, 2.75) is 19.1 Å². The SMILES string of the molecule is Cc1cccc(C(S)C2=NCCN2)c1C. The van der Waals surface area contributed by atoms with Gasteiger partial charge in [0.25, 0.3) is 0 Å². The summed E-state index contributed by atoms with van der Waals surface area (Å²) in [7, 11) is 0. The number of rotatable bonds is 2. The molecule has 80 valence electrons. The molecule has 1 aromatic carbocycles. The molecule has 1 unspecified atom stereocenters. The maximum atomic E-state index is 4.64. The van der Waals surface area contributed by atoms with E-state index in [4.69, 9.17) is 0 Å². The van der Waals surface area contributed by atoms with E-state index in [0.717, 1.165) is 18.9 Å². The zero-order valence-electron chi connectivity index (χ0n) is 9.12. The first-order chi connectivity index (χ1) is 7.20. The predicted molar refractivity (Wildman–Crippen MR) is 67.9 cm³/mol. The van der Waals surface area contributed by atoms with Gasteiger partial charge in [0.1, 0.15) is 5.84 Å². The van der Waals surface area contributed by atoms with E-state index in [2.05, 4.69) is 55.0 Å². The Balaban J connectivity index is 2.32. The van der Waals surface area contributed by atoms with E-state index in [1.54, 1.807) is 0 Å². The third kappa shape index (κ3) is 2.02. The first kappa shape index (κ1) is 10.6. The van der Waals surface area contributed by atoms with Crippen molar-refractivity contribution in [1.82, 2.24) is 5.32 Å². The van der Waals surface area contributed by atoms with Crippen molar-refractivity contribution in [3.63, 3.8) is 0 Å². The average Bonchev–Trinajstić information content (AvgIpc) is 2.74. The van der Waals surface area contributed by atoms with Crippen molar-refractivity contribution >= 4 is 18.5 Å². The summed E-state index contributed by atoms with van der Waals surface area (Å²) in [5, 5.41) is 3.37. The largest absolute Gasteiger partial charge is 0.371 e. The highest BCUT2D eigenvalue weighted by atomic mass is 32.1. The lowest BCUT2D eigenvalue weighted by Crippen LogP contribution is -2.23. The smallest absolute Gasteiger partial charge is 0.114 e. The number of aryl methyl sites for hydroxylation is 1. The van der Waals surface area contributed by atoms with Crippen molar-refractivity contribution in [2.75, 3.05) is 13.1 Å². The Labute approximate surface area is 96.2 Å². The second-order valence-corrected chi connectivity index (χ2v) is 4.40. The van der Waals surface area contributed by atoms with Crippen LogP contribution in [0.25, 0.3) is 0 Å². The summed E-state index contributed by atoms with van der Waals surface area (Å²) in [6.07, 6.45) is 0. The minimum Gasteiger partial charge on any atom is -0.371 e. The Kier molecular flexibility index (Phi) is 3.00. The molecule has 0 aromatic heterocycles. The van der Waals surface area contributed by atoms with E-state index in [-0.39, 0.29) is 5.25 Å². The van der Waals surface area contributed by atoms with Crippen LogP contribution in [0.2, 0.25) is 0 Å². The highest BCUT2D eigenvalue weighted by Gasteiger charge is 2.18. The maximum Gasteiger partial charge on any atom is 0.114 e. The molecule has 0 fully saturated rings. The van der Waals surface area contributed by atoms with Gasteiger partial charge in [-0.05, 0) is 30.5 Å². The lowest BCUT2D eigenvalue weighted by molar-refractivity contribution is 0.951. The quantitative estimate of drug-likeness (QED) is 0.734. The van der Waals surface area contributed by atoms with E-state index in [9.17, 15) is 0 Å². The molecule has 1 aliphatic rings. The fourth-order valence-corrected chi connectivity index (χ4v) is 2.27. The first-order valence-electron chi connectivity index (χ1n) is 5.22. The van der Waals surface area contributed by atoms with Crippen LogP contribution in [0.5, 0.6) is 0 Å². The monoisotopic (exact) mass is 220 g/mol. The molecule has 2 nitrogen and oxygen atoms in total. The highest BCUT2D eigenvalue weighted by Crippen LogP contribution is 2.26. The van der Waals surface area contributed by atoms with Crippen LogP contribution < -0.4 is 5.32 Å². The number of benzene rings is 1. The molecule has 3 heteroatoms. The lowest BCUT2D eigenvalue weighted by atomic mass is 10.0. The van der Waals surface area contributed by atoms with E-state index in [0.29, 0.717) is 0 Å². The van der Waals surface area contributed by atoms with Crippen LogP contribution >= 0.6 is 12.6 Å². The van der Waals surface area contributed by atoms with Gasteiger partial charge in [0.2, 0.25) is 0 Å². The van der Waals surface area contributed by atoms with Crippen molar-refractivity contribution in [2.24, 2.45) is 4.99 Å². The number of nitrogens with one attached hydrogen (secondary N) is 1. The van der Waals surface area contributed by atoms with Crippen LogP contribution in [0.1, 0.15) is 21.9 Å². The Morgan fingerprint density at radius 1 is 1.40 bits per heavy atom. The van der Waals surface area contributed by atoms with Gasteiger partial charge in [-0.15, -0.1) is 0 Å². The molecule has 1 aliphatic heterocycles. The molecular weight excluding hydrogens is 204 g/mol. The molecule has 0 saturated heterocycles. The molecule has 1 N–H and O–H groups in total. The summed E-state index contributed by atoms with van der Waals surface area (Å²) >= 11 is 4.64. The lowest BCUT2D eigenvalue weighted by Gasteiger charge is -2.15. The van der Waals surface area contributed by atoms with E-state index in [1.165, 1.54) is 16.7 Å². The standard InChI is InChI=1S/C12H16N2S/c1-8-4-3-5-10(9(8)2)11(15)12-13-6-7-14-12/h3-5,11,15H,6-7H2,1-2H3,(H,13,14). The van der Waals surface area contributed by atoms with Crippen LogP contribution in [-0.2, 0) is 0 Å². The molecule has 0 bridgehead atoms. The second kappa shape index (κ2) is 4.27. The number of aliphatic imine (C=N–C) groups is 1. The number of amidine groups is 1. The molecule has 1 heterocycles. The Hall–Kier alpha value is -0.960. The molecule has 15 heavy (non-hydrogen) atoms. The Morgan fingerprint density at radius 2 is 2.20 bits per heavy atom. The Bertz CT molecular complexity index is 399. The minimum atomic E-state index is 0.0902. The molecule has 0 spiro atoms. The van der Waals surface area contributed by atoms with Crippen molar-refractivity contribution in [3.8, 4) is 0 Å². The van der Waals surface area contributed by atoms with Crippen molar-refractivity contribution in [1.29, 1.82) is 0 Å². The summed E-state index contributed by atoms with van der Waals surface area (Å²) < 4.78 is 0. The normalized spacial score (nSPS) is 17.1. The van der Waals surface area contributed by atoms with Crippen LogP contribution in [-0.4, -0.2) is 18.9 Å². The fraction of sp³-hybridized carbons (Fsp3) is 0.417. The molecule has 0 saturated carbocycles. The van der Waals surface area contributed by atoms with Gasteiger partial charge in [-0.2, -0.15) is 12.6 Å². The summed E-state index contributed by atoms with van der Waals surface area (Å²) in [6.45, 7) is 6.08.